The van der Waals surface area contributed by atoms with Crippen molar-refractivity contribution in [3.63, 3.8) is 0 Å². The number of ketones is 1. The Labute approximate surface area is 181 Å². The fourth-order valence-corrected chi connectivity index (χ4v) is 4.02. The summed E-state index contributed by atoms with van der Waals surface area (Å²) in [5.41, 5.74) is 2.46. The number of benzene rings is 2. The summed E-state index contributed by atoms with van der Waals surface area (Å²) in [6.45, 7) is 4.88. The third-order valence-corrected chi connectivity index (χ3v) is 5.73. The summed E-state index contributed by atoms with van der Waals surface area (Å²) >= 11 is 0. The Kier molecular flexibility index (Phi) is 6.37. The van der Waals surface area contributed by atoms with Crippen molar-refractivity contribution in [3.05, 3.63) is 65.5 Å². The Morgan fingerprint density at radius 3 is 2.65 bits per heavy atom. The molecule has 6 nitrogen and oxygen atoms in total. The van der Waals surface area contributed by atoms with Crippen LogP contribution in [-0.4, -0.2) is 42.2 Å². The quantitative estimate of drug-likeness (QED) is 0.402. The molecule has 0 N–H and O–H groups in total. The van der Waals surface area contributed by atoms with Crippen molar-refractivity contribution < 1.29 is 23.8 Å². The van der Waals surface area contributed by atoms with Crippen LogP contribution in [0.3, 0.4) is 0 Å². The summed E-state index contributed by atoms with van der Waals surface area (Å²) in [5.74, 6) is -0.208. The fraction of sp³-hybridized carbons (Fsp3) is 0.360. The largest absolute Gasteiger partial charge is 0.482 e. The first-order chi connectivity index (χ1) is 15.0. The number of Topliss-reactive ketones (excluding diaryl/α,β-unsaturated/α-hetero) is 1. The number of carbonyl (C=O) groups excluding carboxylic acids is 2. The summed E-state index contributed by atoms with van der Waals surface area (Å²) in [6, 6.07) is 15.4. The van der Waals surface area contributed by atoms with Gasteiger partial charge in [-0.3, -0.25) is 4.79 Å². The minimum atomic E-state index is -0.574. The van der Waals surface area contributed by atoms with E-state index in [0.717, 1.165) is 48.2 Å². The lowest BCUT2D eigenvalue weighted by Gasteiger charge is -2.14. The van der Waals surface area contributed by atoms with Crippen molar-refractivity contribution in [3.8, 4) is 5.75 Å². The van der Waals surface area contributed by atoms with Gasteiger partial charge in [0.2, 0.25) is 5.78 Å². The van der Waals surface area contributed by atoms with Crippen LogP contribution in [0.25, 0.3) is 10.8 Å². The van der Waals surface area contributed by atoms with Crippen molar-refractivity contribution >= 4 is 22.5 Å². The molecule has 0 bridgehead atoms. The van der Waals surface area contributed by atoms with E-state index in [1.165, 1.54) is 0 Å². The molecule has 0 radical (unpaired) electrons. The van der Waals surface area contributed by atoms with Crippen LogP contribution in [0.5, 0.6) is 5.75 Å². The first kappa shape index (κ1) is 21.1. The van der Waals surface area contributed by atoms with Gasteiger partial charge in [0.25, 0.3) is 0 Å². The monoisotopic (exact) mass is 421 g/mol. The van der Waals surface area contributed by atoms with Crippen LogP contribution < -0.4 is 4.74 Å². The van der Waals surface area contributed by atoms with Crippen molar-refractivity contribution in [2.45, 2.75) is 39.3 Å². The number of aryl methyl sites for hydroxylation is 1. The van der Waals surface area contributed by atoms with Gasteiger partial charge < -0.3 is 18.8 Å². The number of fused-ring (bicyclic) bond motifs is 1. The number of hydrogen-bond acceptors (Lipinski definition) is 5. The second kappa shape index (κ2) is 9.35. The van der Waals surface area contributed by atoms with Crippen molar-refractivity contribution in [1.82, 2.24) is 4.57 Å². The molecule has 1 aliphatic rings. The predicted octanol–water partition coefficient (Wildman–Crippen LogP) is 4.24. The molecule has 1 aliphatic heterocycles. The summed E-state index contributed by atoms with van der Waals surface area (Å²) in [5, 5.41) is 2.13. The fourth-order valence-electron chi connectivity index (χ4n) is 4.02. The van der Waals surface area contributed by atoms with E-state index >= 15 is 0 Å². The van der Waals surface area contributed by atoms with Gasteiger partial charge in [0.15, 0.2) is 13.2 Å². The lowest BCUT2D eigenvalue weighted by atomic mass is 10.1. The highest BCUT2D eigenvalue weighted by molar-refractivity contribution is 5.99. The van der Waals surface area contributed by atoms with E-state index < -0.39 is 5.97 Å². The number of aromatic nitrogens is 1. The van der Waals surface area contributed by atoms with Crippen molar-refractivity contribution in [1.29, 1.82) is 0 Å². The number of carbonyl (C=O) groups is 2. The zero-order valence-corrected chi connectivity index (χ0v) is 17.9. The van der Waals surface area contributed by atoms with Crippen LogP contribution in [0.4, 0.5) is 0 Å². The highest BCUT2D eigenvalue weighted by Gasteiger charge is 2.21. The summed E-state index contributed by atoms with van der Waals surface area (Å²) in [7, 11) is 0. The molecule has 162 valence electrons. The summed E-state index contributed by atoms with van der Waals surface area (Å²) < 4.78 is 18.5. The van der Waals surface area contributed by atoms with Crippen LogP contribution in [0, 0.1) is 13.8 Å². The number of rotatable bonds is 8. The normalized spacial score (nSPS) is 15.9. The zero-order valence-electron chi connectivity index (χ0n) is 17.9. The summed E-state index contributed by atoms with van der Waals surface area (Å²) in [6.07, 6.45) is 2.31. The Morgan fingerprint density at radius 2 is 1.87 bits per heavy atom. The molecule has 1 atom stereocenters. The van der Waals surface area contributed by atoms with E-state index in [9.17, 15) is 9.59 Å². The van der Waals surface area contributed by atoms with E-state index in [1.54, 1.807) is 0 Å². The molecule has 1 aromatic heterocycles. The summed E-state index contributed by atoms with van der Waals surface area (Å²) in [4.78, 5) is 24.7. The molecule has 0 amide bonds. The Balaban J connectivity index is 1.30. The van der Waals surface area contributed by atoms with E-state index in [0.29, 0.717) is 11.3 Å². The molecule has 6 heteroatoms. The molecule has 1 unspecified atom stereocenters. The Hall–Kier alpha value is -3.12. The molecule has 0 aliphatic carbocycles. The van der Waals surface area contributed by atoms with Crippen molar-refractivity contribution in [2.24, 2.45) is 0 Å². The van der Waals surface area contributed by atoms with Gasteiger partial charge in [-0.15, -0.1) is 0 Å². The average molecular weight is 421 g/mol. The van der Waals surface area contributed by atoms with Gasteiger partial charge in [-0.05, 0) is 55.7 Å². The molecule has 0 saturated carbocycles. The van der Waals surface area contributed by atoms with Gasteiger partial charge in [0.1, 0.15) is 5.75 Å². The van der Waals surface area contributed by atoms with Crippen LogP contribution in [-0.2, 0) is 20.8 Å². The third-order valence-electron chi connectivity index (χ3n) is 5.73. The van der Waals surface area contributed by atoms with Gasteiger partial charge in [-0.25, -0.2) is 4.79 Å². The number of nitrogens with zero attached hydrogens (tertiary/aromatic N) is 1. The number of esters is 1. The minimum absolute atomic E-state index is 0.192. The lowest BCUT2D eigenvalue weighted by molar-refractivity contribution is -0.144. The molecule has 0 spiro atoms. The number of ether oxygens (including phenoxy) is 3. The topological polar surface area (TPSA) is 66.8 Å². The van der Waals surface area contributed by atoms with Crippen LogP contribution in [0.15, 0.2) is 48.5 Å². The molecular formula is C25H27NO5. The maximum Gasteiger partial charge on any atom is 0.344 e. The first-order valence-electron chi connectivity index (χ1n) is 10.6. The molecule has 3 aromatic rings. The van der Waals surface area contributed by atoms with Gasteiger partial charge in [-0.2, -0.15) is 0 Å². The number of hydrogen-bond donors (Lipinski definition) is 0. The Morgan fingerprint density at radius 1 is 1.06 bits per heavy atom. The van der Waals surface area contributed by atoms with E-state index in [-0.39, 0.29) is 25.1 Å². The minimum Gasteiger partial charge on any atom is -0.482 e. The third kappa shape index (κ3) is 4.97. The smallest absolute Gasteiger partial charge is 0.344 e. The molecule has 4 rings (SSSR count). The second-order valence-electron chi connectivity index (χ2n) is 7.91. The van der Waals surface area contributed by atoms with Crippen LogP contribution in [0.1, 0.15) is 34.6 Å². The van der Waals surface area contributed by atoms with Crippen molar-refractivity contribution in [2.75, 3.05) is 19.8 Å². The van der Waals surface area contributed by atoms with Gasteiger partial charge in [0.05, 0.1) is 6.10 Å². The predicted molar refractivity (Wildman–Crippen MR) is 118 cm³/mol. The first-order valence-corrected chi connectivity index (χ1v) is 10.6. The molecular weight excluding hydrogens is 394 g/mol. The molecule has 31 heavy (non-hydrogen) atoms. The lowest BCUT2D eigenvalue weighted by Crippen LogP contribution is -2.20. The van der Waals surface area contributed by atoms with E-state index in [4.69, 9.17) is 14.2 Å². The maximum absolute atomic E-state index is 12.6. The van der Waals surface area contributed by atoms with Gasteiger partial charge >= 0.3 is 5.97 Å². The average Bonchev–Trinajstić information content (AvgIpc) is 3.39. The highest BCUT2D eigenvalue weighted by atomic mass is 16.6. The standard InChI is InChI=1S/C25H27NO5/c1-17-12-23(18(2)26(17)14-22-8-5-11-29-22)24(27)15-31-25(28)16-30-21-10-9-19-6-3-4-7-20(19)13-21/h3-4,6-7,9-10,12-13,22H,5,8,11,14-16H2,1-2H3. The molecule has 2 aromatic carbocycles. The molecule has 1 saturated heterocycles. The van der Waals surface area contributed by atoms with Crippen LogP contribution >= 0.6 is 0 Å². The van der Waals surface area contributed by atoms with Gasteiger partial charge in [0, 0.05) is 30.1 Å². The second-order valence-corrected chi connectivity index (χ2v) is 7.91. The highest BCUT2D eigenvalue weighted by Crippen LogP contribution is 2.22. The Bertz CT molecular complexity index is 1090. The zero-order chi connectivity index (χ0) is 21.8. The van der Waals surface area contributed by atoms with E-state index in [2.05, 4.69) is 4.57 Å². The van der Waals surface area contributed by atoms with Crippen LogP contribution in [0.2, 0.25) is 0 Å². The SMILES string of the molecule is Cc1cc(C(=O)COC(=O)COc2ccc3ccccc3c2)c(C)n1CC1CCCO1. The van der Waals surface area contributed by atoms with Gasteiger partial charge in [-0.1, -0.05) is 30.3 Å². The molecule has 2 heterocycles. The maximum atomic E-state index is 12.6. The molecule has 1 fully saturated rings. The van der Waals surface area contributed by atoms with E-state index in [1.807, 2.05) is 62.4 Å².